The molecule has 0 atom stereocenters. The Kier molecular flexibility index (Phi) is 4.02. The lowest BCUT2D eigenvalue weighted by Gasteiger charge is -2.12. The first-order chi connectivity index (χ1) is 9.99. The molecular weight excluding hydrogens is 303 g/mol. The third-order valence-corrected chi connectivity index (χ3v) is 2.89. The van der Waals surface area contributed by atoms with E-state index in [4.69, 9.17) is 23.4 Å². The molecular formula is C14H5ClF3N3. The van der Waals surface area contributed by atoms with Crippen LogP contribution in [0, 0.1) is 35.4 Å². The standard InChI is InChI=1S/C14H5ClF3N3/c1-20-14-10(16)9(6-19)13(11(17)12(14)18)21-8-4-2-7(15)3-5-8/h2-5,21H. The second kappa shape index (κ2) is 5.74. The van der Waals surface area contributed by atoms with Crippen molar-refractivity contribution in [3.05, 3.63) is 63.7 Å². The quantitative estimate of drug-likeness (QED) is 0.631. The van der Waals surface area contributed by atoms with Crippen LogP contribution in [0.4, 0.5) is 30.2 Å². The molecule has 0 spiro atoms. The molecule has 0 saturated heterocycles. The fraction of sp³-hybridized carbons (Fsp3) is 0. The smallest absolute Gasteiger partial charge is 0.261 e. The Labute approximate surface area is 123 Å². The molecule has 2 rings (SSSR count). The van der Waals surface area contributed by atoms with E-state index in [1.54, 1.807) is 0 Å². The van der Waals surface area contributed by atoms with Crippen LogP contribution in [0.2, 0.25) is 5.02 Å². The normalized spacial score (nSPS) is 9.81. The van der Waals surface area contributed by atoms with Gasteiger partial charge in [0, 0.05) is 10.7 Å². The predicted molar refractivity (Wildman–Crippen MR) is 72.0 cm³/mol. The van der Waals surface area contributed by atoms with Gasteiger partial charge in [-0.2, -0.15) is 5.26 Å². The number of hydrogen-bond acceptors (Lipinski definition) is 2. The minimum Gasteiger partial charge on any atom is -0.352 e. The van der Waals surface area contributed by atoms with Gasteiger partial charge in [-0.1, -0.05) is 11.6 Å². The summed E-state index contributed by atoms with van der Waals surface area (Å²) >= 11 is 5.69. The topological polar surface area (TPSA) is 40.2 Å². The maximum absolute atomic E-state index is 13.9. The van der Waals surface area contributed by atoms with E-state index in [0.717, 1.165) is 0 Å². The molecule has 0 unspecified atom stereocenters. The molecule has 7 heteroatoms. The maximum Gasteiger partial charge on any atom is 0.261 e. The number of anilines is 2. The van der Waals surface area contributed by atoms with Crippen LogP contribution in [0.25, 0.3) is 4.85 Å². The highest BCUT2D eigenvalue weighted by Gasteiger charge is 2.25. The zero-order valence-corrected chi connectivity index (χ0v) is 11.0. The molecule has 1 N–H and O–H groups in total. The van der Waals surface area contributed by atoms with Crippen molar-refractivity contribution in [2.24, 2.45) is 0 Å². The second-order valence-electron chi connectivity index (χ2n) is 3.90. The zero-order chi connectivity index (χ0) is 15.6. The zero-order valence-electron chi connectivity index (χ0n) is 10.2. The molecule has 0 saturated carbocycles. The Morgan fingerprint density at radius 2 is 1.71 bits per heavy atom. The lowest BCUT2D eigenvalue weighted by molar-refractivity contribution is 0.504. The monoisotopic (exact) mass is 307 g/mol. The van der Waals surface area contributed by atoms with E-state index >= 15 is 0 Å². The van der Waals surface area contributed by atoms with Crippen molar-refractivity contribution in [2.45, 2.75) is 0 Å². The summed E-state index contributed by atoms with van der Waals surface area (Å²) < 4.78 is 41.4. The van der Waals surface area contributed by atoms with Crippen molar-refractivity contribution < 1.29 is 13.2 Å². The maximum atomic E-state index is 13.9. The number of hydrogen-bond donors (Lipinski definition) is 1. The summed E-state index contributed by atoms with van der Waals surface area (Å²) in [5, 5.41) is 11.7. The molecule has 0 aliphatic carbocycles. The van der Waals surface area contributed by atoms with Gasteiger partial charge in [-0.15, -0.1) is 0 Å². The van der Waals surface area contributed by atoms with Crippen molar-refractivity contribution in [1.82, 2.24) is 0 Å². The number of nitrogens with one attached hydrogen (secondary N) is 1. The fourth-order valence-corrected chi connectivity index (χ4v) is 1.77. The minimum absolute atomic E-state index is 0.282. The molecule has 2 aromatic rings. The van der Waals surface area contributed by atoms with E-state index in [0.29, 0.717) is 5.02 Å². The van der Waals surface area contributed by atoms with E-state index in [9.17, 15) is 13.2 Å². The second-order valence-corrected chi connectivity index (χ2v) is 4.33. The first kappa shape index (κ1) is 14.7. The van der Waals surface area contributed by atoms with Crippen LogP contribution in [0.3, 0.4) is 0 Å². The molecule has 0 aliphatic heterocycles. The number of nitriles is 1. The summed E-state index contributed by atoms with van der Waals surface area (Å²) in [7, 11) is 0. The lowest BCUT2D eigenvalue weighted by atomic mass is 10.1. The summed E-state index contributed by atoms with van der Waals surface area (Å²) in [6.07, 6.45) is 0. The number of nitrogens with zero attached hydrogens (tertiary/aromatic N) is 2. The van der Waals surface area contributed by atoms with Crippen molar-refractivity contribution in [2.75, 3.05) is 5.32 Å². The Morgan fingerprint density at radius 3 is 2.24 bits per heavy atom. The summed E-state index contributed by atoms with van der Waals surface area (Å²) in [5.74, 6) is -4.53. The van der Waals surface area contributed by atoms with E-state index in [-0.39, 0.29) is 5.69 Å². The SMILES string of the molecule is [C-]#[N+]c1c(F)c(F)c(Nc2ccc(Cl)cc2)c(C#N)c1F. The first-order valence-electron chi connectivity index (χ1n) is 5.50. The van der Waals surface area contributed by atoms with Gasteiger partial charge in [0.25, 0.3) is 5.69 Å². The minimum atomic E-state index is -1.64. The van der Waals surface area contributed by atoms with Crippen molar-refractivity contribution in [1.29, 1.82) is 5.26 Å². The summed E-state index contributed by atoms with van der Waals surface area (Å²) in [4.78, 5) is 2.56. The van der Waals surface area contributed by atoms with Gasteiger partial charge in [0.15, 0.2) is 17.5 Å². The molecule has 104 valence electrons. The van der Waals surface area contributed by atoms with Gasteiger partial charge in [-0.25, -0.2) is 18.0 Å². The van der Waals surface area contributed by atoms with E-state index in [2.05, 4.69) is 10.2 Å². The molecule has 0 aromatic heterocycles. The number of benzene rings is 2. The fourth-order valence-electron chi connectivity index (χ4n) is 1.65. The van der Waals surface area contributed by atoms with Crippen LogP contribution in [0.5, 0.6) is 0 Å². The summed E-state index contributed by atoms with van der Waals surface area (Å²) in [6, 6.07) is 7.28. The van der Waals surface area contributed by atoms with Crippen molar-refractivity contribution in [3.8, 4) is 6.07 Å². The lowest BCUT2D eigenvalue weighted by Crippen LogP contribution is -2.03. The molecule has 0 heterocycles. The Bertz CT molecular complexity index is 789. The van der Waals surface area contributed by atoms with Gasteiger partial charge in [-0.05, 0) is 24.3 Å². The Morgan fingerprint density at radius 1 is 1.10 bits per heavy atom. The van der Waals surface area contributed by atoms with Gasteiger partial charge in [0.05, 0.1) is 12.3 Å². The van der Waals surface area contributed by atoms with Gasteiger partial charge < -0.3 is 5.32 Å². The third kappa shape index (κ3) is 2.62. The molecule has 3 nitrogen and oxygen atoms in total. The molecule has 0 radical (unpaired) electrons. The largest absolute Gasteiger partial charge is 0.352 e. The molecule has 0 amide bonds. The molecule has 0 aliphatic rings. The molecule has 0 bridgehead atoms. The van der Waals surface area contributed by atoms with Crippen LogP contribution in [-0.4, -0.2) is 0 Å². The predicted octanol–water partition coefficient (Wildman–Crippen LogP) is 4.92. The van der Waals surface area contributed by atoms with E-state index in [1.165, 1.54) is 30.3 Å². The van der Waals surface area contributed by atoms with Gasteiger partial charge in [0.2, 0.25) is 0 Å². The highest BCUT2D eigenvalue weighted by molar-refractivity contribution is 6.30. The van der Waals surface area contributed by atoms with E-state index in [1.807, 2.05) is 0 Å². The van der Waals surface area contributed by atoms with Crippen LogP contribution < -0.4 is 5.32 Å². The Balaban J connectivity index is 2.61. The van der Waals surface area contributed by atoms with Crippen LogP contribution in [-0.2, 0) is 0 Å². The summed E-state index contributed by atoms with van der Waals surface area (Å²) in [6.45, 7) is 6.64. The van der Waals surface area contributed by atoms with Crippen LogP contribution in [0.15, 0.2) is 24.3 Å². The third-order valence-electron chi connectivity index (χ3n) is 2.63. The van der Waals surface area contributed by atoms with Crippen LogP contribution >= 0.6 is 11.6 Å². The average Bonchev–Trinajstić information content (AvgIpc) is 2.47. The molecule has 0 fully saturated rings. The van der Waals surface area contributed by atoms with Gasteiger partial charge >= 0.3 is 0 Å². The Hall–Kier alpha value is -2.70. The highest BCUT2D eigenvalue weighted by atomic mass is 35.5. The number of rotatable bonds is 2. The highest BCUT2D eigenvalue weighted by Crippen LogP contribution is 2.35. The van der Waals surface area contributed by atoms with Crippen molar-refractivity contribution in [3.63, 3.8) is 0 Å². The van der Waals surface area contributed by atoms with Crippen molar-refractivity contribution >= 4 is 28.7 Å². The van der Waals surface area contributed by atoms with Crippen LogP contribution in [0.1, 0.15) is 5.56 Å². The molecule has 2 aromatic carbocycles. The first-order valence-corrected chi connectivity index (χ1v) is 5.88. The van der Waals surface area contributed by atoms with Gasteiger partial charge in [0.1, 0.15) is 11.6 Å². The number of halogens is 4. The summed E-state index contributed by atoms with van der Waals surface area (Å²) in [5.41, 5.74) is -2.30. The average molecular weight is 308 g/mol. The van der Waals surface area contributed by atoms with Gasteiger partial charge in [-0.3, -0.25) is 0 Å². The van der Waals surface area contributed by atoms with E-state index < -0.39 is 34.4 Å². The molecule has 21 heavy (non-hydrogen) atoms.